The van der Waals surface area contributed by atoms with Crippen LogP contribution in [0, 0.1) is 5.92 Å². The number of pyridine rings is 1. The topological polar surface area (TPSA) is 45.2 Å². The minimum absolute atomic E-state index is 0.0921. The van der Waals surface area contributed by atoms with Crippen molar-refractivity contribution >= 4 is 33.3 Å². The number of likely N-dealkylation sites (tertiary alicyclic amines) is 1. The van der Waals surface area contributed by atoms with Crippen molar-refractivity contribution in [2.24, 2.45) is 5.92 Å². The number of para-hydroxylation sites is 1. The van der Waals surface area contributed by atoms with E-state index in [2.05, 4.69) is 33.2 Å². The van der Waals surface area contributed by atoms with Gasteiger partial charge in [-0.25, -0.2) is 4.98 Å². The molecule has 2 aromatic rings. The van der Waals surface area contributed by atoms with Gasteiger partial charge in [-0.2, -0.15) is 0 Å². The molecule has 1 aliphatic rings. The molecule has 120 valence electrons. The fourth-order valence-electron chi connectivity index (χ4n) is 2.73. The number of piperidine rings is 1. The number of carbonyl (C=O) groups is 1. The highest BCUT2D eigenvalue weighted by molar-refractivity contribution is 9.10. The highest BCUT2D eigenvalue weighted by atomic mass is 79.9. The lowest BCUT2D eigenvalue weighted by molar-refractivity contribution is 0.0697. The third-order valence-corrected chi connectivity index (χ3v) is 4.91. The molecule has 0 bridgehead atoms. The van der Waals surface area contributed by atoms with Gasteiger partial charge >= 0.3 is 0 Å². The van der Waals surface area contributed by atoms with Crippen LogP contribution in [0.2, 0.25) is 0 Å². The van der Waals surface area contributed by atoms with Crippen LogP contribution >= 0.6 is 15.9 Å². The van der Waals surface area contributed by atoms with Gasteiger partial charge in [-0.15, -0.1) is 0 Å². The Balaban J connectivity index is 1.75. The third-order valence-electron chi connectivity index (χ3n) is 4.21. The molecule has 1 aromatic carbocycles. The van der Waals surface area contributed by atoms with Gasteiger partial charge in [0.25, 0.3) is 5.91 Å². The monoisotopic (exact) mass is 373 g/mol. The van der Waals surface area contributed by atoms with Gasteiger partial charge < -0.3 is 10.2 Å². The Morgan fingerprint density at radius 1 is 1.26 bits per heavy atom. The fourth-order valence-corrected chi connectivity index (χ4v) is 3.11. The van der Waals surface area contributed by atoms with Gasteiger partial charge in [0.2, 0.25) is 0 Å². The molecular weight excluding hydrogens is 354 g/mol. The Morgan fingerprint density at radius 3 is 2.74 bits per heavy atom. The van der Waals surface area contributed by atoms with Gasteiger partial charge in [0, 0.05) is 29.3 Å². The molecule has 1 N–H and O–H groups in total. The number of amides is 1. The first-order chi connectivity index (χ1) is 11.1. The zero-order chi connectivity index (χ0) is 16.2. The first kappa shape index (κ1) is 16.0. The summed E-state index contributed by atoms with van der Waals surface area (Å²) >= 11 is 3.50. The summed E-state index contributed by atoms with van der Waals surface area (Å²) in [5.74, 6) is 1.48. The van der Waals surface area contributed by atoms with E-state index in [4.69, 9.17) is 0 Å². The Hall–Kier alpha value is -1.88. The molecule has 0 aliphatic carbocycles. The van der Waals surface area contributed by atoms with Gasteiger partial charge in [-0.3, -0.25) is 4.79 Å². The summed E-state index contributed by atoms with van der Waals surface area (Å²) in [4.78, 5) is 18.9. The smallest absolute Gasteiger partial charge is 0.254 e. The first-order valence-corrected chi connectivity index (χ1v) is 8.69. The number of hydrogen-bond donors (Lipinski definition) is 1. The zero-order valence-electron chi connectivity index (χ0n) is 13.1. The van der Waals surface area contributed by atoms with Crippen LogP contribution in [0.5, 0.6) is 0 Å². The second-order valence-electron chi connectivity index (χ2n) is 6.01. The maximum atomic E-state index is 12.6. The predicted octanol–water partition coefficient (Wildman–Crippen LogP) is 4.46. The molecule has 1 aromatic heterocycles. The second-order valence-corrected chi connectivity index (χ2v) is 6.86. The lowest BCUT2D eigenvalue weighted by atomic mass is 9.99. The van der Waals surface area contributed by atoms with E-state index in [0.29, 0.717) is 17.3 Å². The molecule has 1 aliphatic heterocycles. The van der Waals surface area contributed by atoms with Crippen LogP contribution in [0.3, 0.4) is 0 Å². The van der Waals surface area contributed by atoms with Crippen molar-refractivity contribution in [2.75, 3.05) is 18.4 Å². The van der Waals surface area contributed by atoms with E-state index in [1.165, 1.54) is 0 Å². The van der Waals surface area contributed by atoms with Crippen molar-refractivity contribution in [3.63, 3.8) is 0 Å². The van der Waals surface area contributed by atoms with E-state index in [-0.39, 0.29) is 5.91 Å². The summed E-state index contributed by atoms with van der Waals surface area (Å²) in [5, 5.41) is 3.25. The molecule has 3 rings (SSSR count). The molecule has 0 radical (unpaired) electrons. The average molecular weight is 374 g/mol. The lowest BCUT2D eigenvalue weighted by Crippen LogP contribution is -2.37. The molecule has 2 heterocycles. The standard InChI is InChI=1S/C18H20BrN3O/c1-13-7-10-22(11-8-13)18(23)14-6-9-20-17(12-14)21-16-5-3-2-4-15(16)19/h2-6,9,12-13H,7-8,10-11H2,1H3,(H,20,21). The summed E-state index contributed by atoms with van der Waals surface area (Å²) in [5.41, 5.74) is 1.61. The number of benzene rings is 1. The SMILES string of the molecule is CC1CCN(C(=O)c2ccnc(Nc3ccccc3Br)c2)CC1. The Bertz CT molecular complexity index is 696. The summed E-state index contributed by atoms with van der Waals surface area (Å²) in [6.07, 6.45) is 3.84. The van der Waals surface area contributed by atoms with Crippen molar-refractivity contribution in [2.45, 2.75) is 19.8 Å². The maximum Gasteiger partial charge on any atom is 0.254 e. The van der Waals surface area contributed by atoms with E-state index in [0.717, 1.165) is 36.1 Å². The number of nitrogens with zero attached hydrogens (tertiary/aromatic N) is 2. The number of anilines is 2. The van der Waals surface area contributed by atoms with E-state index in [1.54, 1.807) is 12.3 Å². The summed E-state index contributed by atoms with van der Waals surface area (Å²) < 4.78 is 0.962. The first-order valence-electron chi connectivity index (χ1n) is 7.90. The largest absolute Gasteiger partial charge is 0.339 e. The van der Waals surface area contributed by atoms with Crippen LogP contribution in [-0.4, -0.2) is 28.9 Å². The second kappa shape index (κ2) is 7.13. The van der Waals surface area contributed by atoms with E-state index in [1.807, 2.05) is 35.2 Å². The number of nitrogens with one attached hydrogen (secondary N) is 1. The predicted molar refractivity (Wildman–Crippen MR) is 96.0 cm³/mol. The van der Waals surface area contributed by atoms with Crippen LogP contribution in [0.15, 0.2) is 47.1 Å². The van der Waals surface area contributed by atoms with Crippen LogP contribution in [0.1, 0.15) is 30.1 Å². The molecule has 0 unspecified atom stereocenters. The molecular formula is C18H20BrN3O. The zero-order valence-corrected chi connectivity index (χ0v) is 14.7. The number of carbonyl (C=O) groups excluding carboxylic acids is 1. The normalized spacial score (nSPS) is 15.5. The van der Waals surface area contributed by atoms with Gasteiger partial charge in [-0.05, 0) is 59.0 Å². The summed E-state index contributed by atoms with van der Waals surface area (Å²) in [6, 6.07) is 11.4. The average Bonchev–Trinajstić information content (AvgIpc) is 2.57. The van der Waals surface area contributed by atoms with Gasteiger partial charge in [0.15, 0.2) is 0 Å². The van der Waals surface area contributed by atoms with Gasteiger partial charge in [-0.1, -0.05) is 19.1 Å². The maximum absolute atomic E-state index is 12.6. The van der Waals surface area contributed by atoms with Gasteiger partial charge in [0.05, 0.1) is 5.69 Å². The van der Waals surface area contributed by atoms with E-state index >= 15 is 0 Å². The van der Waals surface area contributed by atoms with Crippen LogP contribution < -0.4 is 5.32 Å². The quantitative estimate of drug-likeness (QED) is 0.863. The minimum Gasteiger partial charge on any atom is -0.339 e. The van der Waals surface area contributed by atoms with Crippen molar-refractivity contribution in [3.8, 4) is 0 Å². The van der Waals surface area contributed by atoms with Crippen molar-refractivity contribution in [1.29, 1.82) is 0 Å². The Morgan fingerprint density at radius 2 is 2.00 bits per heavy atom. The van der Waals surface area contributed by atoms with Crippen LogP contribution in [0.4, 0.5) is 11.5 Å². The molecule has 5 heteroatoms. The summed E-state index contributed by atoms with van der Waals surface area (Å²) in [7, 11) is 0. The molecule has 1 saturated heterocycles. The Kier molecular flexibility index (Phi) is 4.96. The fraction of sp³-hybridized carbons (Fsp3) is 0.333. The van der Waals surface area contributed by atoms with E-state index in [9.17, 15) is 4.79 Å². The minimum atomic E-state index is 0.0921. The number of hydrogen-bond acceptors (Lipinski definition) is 3. The third kappa shape index (κ3) is 3.91. The summed E-state index contributed by atoms with van der Waals surface area (Å²) in [6.45, 7) is 3.93. The highest BCUT2D eigenvalue weighted by Gasteiger charge is 2.21. The van der Waals surface area contributed by atoms with Crippen LogP contribution in [0.25, 0.3) is 0 Å². The van der Waals surface area contributed by atoms with Crippen LogP contribution in [-0.2, 0) is 0 Å². The lowest BCUT2D eigenvalue weighted by Gasteiger charge is -2.30. The molecule has 1 amide bonds. The van der Waals surface area contributed by atoms with Crippen molar-refractivity contribution in [3.05, 3.63) is 52.6 Å². The molecule has 0 atom stereocenters. The van der Waals surface area contributed by atoms with Crippen molar-refractivity contribution in [1.82, 2.24) is 9.88 Å². The molecule has 0 saturated carbocycles. The molecule has 1 fully saturated rings. The number of rotatable bonds is 3. The van der Waals surface area contributed by atoms with Crippen molar-refractivity contribution < 1.29 is 4.79 Å². The highest BCUT2D eigenvalue weighted by Crippen LogP contribution is 2.25. The van der Waals surface area contributed by atoms with E-state index < -0.39 is 0 Å². The molecule has 0 spiro atoms. The van der Waals surface area contributed by atoms with Gasteiger partial charge in [0.1, 0.15) is 5.82 Å². The number of halogens is 1. The number of aromatic nitrogens is 1. The molecule has 4 nitrogen and oxygen atoms in total. The Labute approximate surface area is 145 Å². The molecule has 23 heavy (non-hydrogen) atoms.